The molecule has 23 heavy (non-hydrogen) atoms. The van der Waals surface area contributed by atoms with Crippen molar-refractivity contribution < 1.29 is 18.8 Å². The number of nitrogens with one attached hydrogen (secondary N) is 2. The average molecular weight is 321 g/mol. The van der Waals surface area contributed by atoms with Gasteiger partial charge in [0.05, 0.1) is 0 Å². The smallest absolute Gasteiger partial charge is 0.325 e. The van der Waals surface area contributed by atoms with E-state index in [4.69, 9.17) is 0 Å². The standard InChI is InChI=1S/C16H20FN3O3/c1-2-3-13-15(22)20(16(23)19-13)10-14(21)18-9-8-11-4-6-12(17)7-5-11/h4-7,13H,2-3,8-10H2,1H3,(H,18,21)(H,19,23). The van der Waals surface area contributed by atoms with E-state index < -0.39 is 18.0 Å². The number of carbonyl (C=O) groups excluding carboxylic acids is 3. The highest BCUT2D eigenvalue weighted by Gasteiger charge is 2.38. The van der Waals surface area contributed by atoms with Gasteiger partial charge >= 0.3 is 6.03 Å². The number of imide groups is 1. The largest absolute Gasteiger partial charge is 0.354 e. The van der Waals surface area contributed by atoms with Gasteiger partial charge in [-0.3, -0.25) is 14.5 Å². The third-order valence-electron chi connectivity index (χ3n) is 3.64. The molecule has 1 fully saturated rings. The monoisotopic (exact) mass is 321 g/mol. The molecule has 2 N–H and O–H groups in total. The minimum Gasteiger partial charge on any atom is -0.354 e. The van der Waals surface area contributed by atoms with E-state index >= 15 is 0 Å². The number of urea groups is 1. The second kappa shape index (κ2) is 7.71. The molecular weight excluding hydrogens is 301 g/mol. The van der Waals surface area contributed by atoms with Gasteiger partial charge in [0, 0.05) is 6.54 Å². The predicted octanol–water partition coefficient (Wildman–Crippen LogP) is 1.20. The van der Waals surface area contributed by atoms with Gasteiger partial charge in [-0.15, -0.1) is 0 Å². The third-order valence-corrected chi connectivity index (χ3v) is 3.64. The molecular formula is C16H20FN3O3. The Morgan fingerprint density at radius 1 is 1.30 bits per heavy atom. The van der Waals surface area contributed by atoms with Crippen LogP contribution >= 0.6 is 0 Å². The van der Waals surface area contributed by atoms with Gasteiger partial charge in [-0.2, -0.15) is 0 Å². The Morgan fingerprint density at radius 3 is 2.65 bits per heavy atom. The maximum atomic E-state index is 12.8. The molecule has 1 aliphatic rings. The number of hydrogen-bond acceptors (Lipinski definition) is 3. The summed E-state index contributed by atoms with van der Waals surface area (Å²) >= 11 is 0. The topological polar surface area (TPSA) is 78.5 Å². The Bertz CT molecular complexity index is 589. The van der Waals surface area contributed by atoms with Crippen LogP contribution in [0.5, 0.6) is 0 Å². The molecule has 0 aromatic heterocycles. The van der Waals surface area contributed by atoms with Crippen molar-refractivity contribution in [2.45, 2.75) is 32.2 Å². The molecule has 1 aromatic rings. The SMILES string of the molecule is CCCC1NC(=O)N(CC(=O)NCCc2ccc(F)cc2)C1=O. The summed E-state index contributed by atoms with van der Waals surface area (Å²) in [6.45, 7) is 1.99. The summed E-state index contributed by atoms with van der Waals surface area (Å²) in [5.74, 6) is -1.06. The molecule has 1 saturated heterocycles. The third kappa shape index (κ3) is 4.51. The lowest BCUT2D eigenvalue weighted by Gasteiger charge is -2.13. The van der Waals surface area contributed by atoms with Crippen LogP contribution in [0.3, 0.4) is 0 Å². The van der Waals surface area contributed by atoms with Crippen molar-refractivity contribution in [2.75, 3.05) is 13.1 Å². The molecule has 124 valence electrons. The molecule has 1 aliphatic heterocycles. The van der Waals surface area contributed by atoms with Gasteiger partial charge in [0.1, 0.15) is 18.4 Å². The number of benzene rings is 1. The van der Waals surface area contributed by atoms with Crippen LogP contribution in [0.1, 0.15) is 25.3 Å². The molecule has 1 heterocycles. The van der Waals surface area contributed by atoms with E-state index in [-0.39, 0.29) is 18.3 Å². The maximum Gasteiger partial charge on any atom is 0.325 e. The Labute approximate surface area is 134 Å². The fourth-order valence-corrected chi connectivity index (χ4v) is 2.41. The van der Waals surface area contributed by atoms with E-state index in [2.05, 4.69) is 10.6 Å². The summed E-state index contributed by atoms with van der Waals surface area (Å²) in [5.41, 5.74) is 0.893. The highest BCUT2D eigenvalue weighted by molar-refractivity contribution is 6.06. The zero-order valence-corrected chi connectivity index (χ0v) is 13.0. The Morgan fingerprint density at radius 2 is 2.00 bits per heavy atom. The van der Waals surface area contributed by atoms with Crippen LogP contribution in [0.25, 0.3) is 0 Å². The van der Waals surface area contributed by atoms with Crippen molar-refractivity contribution >= 4 is 17.8 Å². The molecule has 0 spiro atoms. The Kier molecular flexibility index (Phi) is 5.67. The number of nitrogens with zero attached hydrogens (tertiary/aromatic N) is 1. The average Bonchev–Trinajstić information content (AvgIpc) is 2.77. The van der Waals surface area contributed by atoms with Gasteiger partial charge in [0.25, 0.3) is 5.91 Å². The minimum absolute atomic E-state index is 0.283. The minimum atomic E-state index is -0.528. The molecule has 7 heteroatoms. The zero-order chi connectivity index (χ0) is 16.8. The van der Waals surface area contributed by atoms with E-state index in [1.54, 1.807) is 12.1 Å². The number of carbonyl (C=O) groups is 3. The Balaban J connectivity index is 1.77. The second-order valence-corrected chi connectivity index (χ2v) is 5.44. The molecule has 0 aliphatic carbocycles. The Hall–Kier alpha value is -2.44. The van der Waals surface area contributed by atoms with Gasteiger partial charge < -0.3 is 10.6 Å². The molecule has 2 rings (SSSR count). The predicted molar refractivity (Wildman–Crippen MR) is 82.1 cm³/mol. The molecule has 1 aromatic carbocycles. The van der Waals surface area contributed by atoms with E-state index in [0.29, 0.717) is 19.4 Å². The number of hydrogen-bond donors (Lipinski definition) is 2. The maximum absolute atomic E-state index is 12.8. The first-order valence-electron chi connectivity index (χ1n) is 7.64. The van der Waals surface area contributed by atoms with Gasteiger partial charge in [-0.05, 0) is 30.5 Å². The first kappa shape index (κ1) is 16.9. The molecule has 6 nitrogen and oxygen atoms in total. The molecule has 0 radical (unpaired) electrons. The summed E-state index contributed by atoms with van der Waals surface area (Å²) in [5, 5.41) is 5.22. The van der Waals surface area contributed by atoms with Crippen LogP contribution in [-0.2, 0) is 16.0 Å². The van der Waals surface area contributed by atoms with E-state index in [0.717, 1.165) is 16.9 Å². The van der Waals surface area contributed by atoms with Crippen LogP contribution < -0.4 is 10.6 Å². The summed E-state index contributed by atoms with van der Waals surface area (Å²) in [6.07, 6.45) is 1.88. The molecule has 1 unspecified atom stereocenters. The molecule has 4 amide bonds. The summed E-state index contributed by atoms with van der Waals surface area (Å²) in [6, 6.07) is 4.96. The van der Waals surface area contributed by atoms with Crippen molar-refractivity contribution in [1.82, 2.24) is 15.5 Å². The first-order chi connectivity index (χ1) is 11.0. The summed E-state index contributed by atoms with van der Waals surface area (Å²) in [7, 11) is 0. The lowest BCUT2D eigenvalue weighted by molar-refractivity contribution is -0.132. The summed E-state index contributed by atoms with van der Waals surface area (Å²) < 4.78 is 12.8. The first-order valence-corrected chi connectivity index (χ1v) is 7.64. The number of rotatable bonds is 7. The number of amides is 4. The van der Waals surface area contributed by atoms with Crippen molar-refractivity contribution in [3.05, 3.63) is 35.6 Å². The van der Waals surface area contributed by atoms with Crippen molar-refractivity contribution in [3.63, 3.8) is 0 Å². The highest BCUT2D eigenvalue weighted by atomic mass is 19.1. The van der Waals surface area contributed by atoms with Crippen LogP contribution in [0.4, 0.5) is 9.18 Å². The fraction of sp³-hybridized carbons (Fsp3) is 0.438. The molecule has 0 bridgehead atoms. The lowest BCUT2D eigenvalue weighted by atomic mass is 10.1. The van der Waals surface area contributed by atoms with Crippen molar-refractivity contribution in [2.24, 2.45) is 0 Å². The summed E-state index contributed by atoms with van der Waals surface area (Å²) in [4.78, 5) is 36.5. The van der Waals surface area contributed by atoms with Crippen LogP contribution in [0, 0.1) is 5.82 Å². The van der Waals surface area contributed by atoms with Gasteiger partial charge in [0.2, 0.25) is 5.91 Å². The molecule has 0 saturated carbocycles. The van der Waals surface area contributed by atoms with E-state index in [1.807, 2.05) is 6.92 Å². The zero-order valence-electron chi connectivity index (χ0n) is 13.0. The lowest BCUT2D eigenvalue weighted by Crippen LogP contribution is -2.41. The molecule has 1 atom stereocenters. The van der Waals surface area contributed by atoms with Gasteiger partial charge in [-0.25, -0.2) is 9.18 Å². The van der Waals surface area contributed by atoms with Crippen LogP contribution in [0.15, 0.2) is 24.3 Å². The fourth-order valence-electron chi connectivity index (χ4n) is 2.41. The quantitative estimate of drug-likeness (QED) is 0.741. The van der Waals surface area contributed by atoms with Gasteiger partial charge in [0.15, 0.2) is 0 Å². The number of halogens is 1. The van der Waals surface area contributed by atoms with E-state index in [1.165, 1.54) is 12.1 Å². The van der Waals surface area contributed by atoms with Crippen molar-refractivity contribution in [1.29, 1.82) is 0 Å². The van der Waals surface area contributed by atoms with Gasteiger partial charge in [-0.1, -0.05) is 25.5 Å². The van der Waals surface area contributed by atoms with E-state index in [9.17, 15) is 18.8 Å². The van der Waals surface area contributed by atoms with Crippen molar-refractivity contribution in [3.8, 4) is 0 Å². The van der Waals surface area contributed by atoms with Crippen LogP contribution in [0.2, 0.25) is 0 Å². The highest BCUT2D eigenvalue weighted by Crippen LogP contribution is 2.10. The second-order valence-electron chi connectivity index (χ2n) is 5.44. The normalized spacial score (nSPS) is 17.3. The van der Waals surface area contributed by atoms with Crippen LogP contribution in [-0.4, -0.2) is 41.9 Å².